The van der Waals surface area contributed by atoms with E-state index in [-0.39, 0.29) is 5.75 Å². The number of benzene rings is 1. The number of nitrogen functional groups attached to an aromatic ring is 1. The molecule has 90 valence electrons. The van der Waals surface area contributed by atoms with Crippen LogP contribution < -0.4 is 5.73 Å². The summed E-state index contributed by atoms with van der Waals surface area (Å²) in [7, 11) is 2.10. The van der Waals surface area contributed by atoms with Crippen LogP contribution >= 0.6 is 0 Å². The number of rotatable bonds is 4. The average molecular weight is 222 g/mol. The van der Waals surface area contributed by atoms with E-state index in [0.29, 0.717) is 17.6 Å². The number of nitrogens with two attached hydrogens (primary N) is 1. The summed E-state index contributed by atoms with van der Waals surface area (Å²) in [5.41, 5.74) is 7.24. The van der Waals surface area contributed by atoms with Crippen molar-refractivity contribution < 1.29 is 5.11 Å². The molecule has 1 unspecified atom stereocenters. The molecule has 0 spiro atoms. The van der Waals surface area contributed by atoms with Crippen molar-refractivity contribution in [1.29, 1.82) is 0 Å². The van der Waals surface area contributed by atoms with Gasteiger partial charge in [-0.1, -0.05) is 19.9 Å². The zero-order valence-corrected chi connectivity index (χ0v) is 10.6. The van der Waals surface area contributed by atoms with Gasteiger partial charge in [0.15, 0.2) is 0 Å². The molecule has 16 heavy (non-hydrogen) atoms. The van der Waals surface area contributed by atoms with Gasteiger partial charge in [-0.25, -0.2) is 0 Å². The van der Waals surface area contributed by atoms with Gasteiger partial charge in [0.05, 0.1) is 5.69 Å². The maximum Gasteiger partial charge on any atom is 0.138 e. The third-order valence-corrected chi connectivity index (χ3v) is 3.18. The molecule has 0 aliphatic carbocycles. The van der Waals surface area contributed by atoms with Crippen molar-refractivity contribution in [2.24, 2.45) is 5.92 Å². The van der Waals surface area contributed by atoms with Gasteiger partial charge in [0.1, 0.15) is 5.75 Å². The van der Waals surface area contributed by atoms with Gasteiger partial charge in [-0.05, 0) is 37.6 Å². The lowest BCUT2D eigenvalue weighted by molar-refractivity contribution is 0.200. The Morgan fingerprint density at radius 2 is 1.94 bits per heavy atom. The van der Waals surface area contributed by atoms with Crippen LogP contribution in [0.5, 0.6) is 5.75 Å². The highest BCUT2D eigenvalue weighted by atomic mass is 16.3. The van der Waals surface area contributed by atoms with Gasteiger partial charge in [0.25, 0.3) is 0 Å². The molecule has 3 heteroatoms. The minimum atomic E-state index is 0.156. The number of phenols is 1. The van der Waals surface area contributed by atoms with Crippen molar-refractivity contribution in [2.75, 3.05) is 12.8 Å². The topological polar surface area (TPSA) is 49.5 Å². The van der Waals surface area contributed by atoms with Crippen molar-refractivity contribution >= 4 is 5.69 Å². The fourth-order valence-corrected chi connectivity index (χ4v) is 1.64. The molecule has 0 fully saturated rings. The SMILES string of the molecule is CC(C)C(C)N(C)Cc1ccc(O)c(N)c1. The third-order valence-electron chi connectivity index (χ3n) is 3.18. The van der Waals surface area contributed by atoms with E-state index < -0.39 is 0 Å². The molecule has 1 aromatic carbocycles. The standard InChI is InChI=1S/C13H22N2O/c1-9(2)10(3)15(4)8-11-5-6-13(16)12(14)7-11/h5-7,9-10,16H,8,14H2,1-4H3. The highest BCUT2D eigenvalue weighted by Gasteiger charge is 2.13. The Morgan fingerprint density at radius 1 is 1.31 bits per heavy atom. The first kappa shape index (κ1) is 12.8. The van der Waals surface area contributed by atoms with Crippen LogP contribution in [0.1, 0.15) is 26.3 Å². The molecule has 0 saturated carbocycles. The van der Waals surface area contributed by atoms with Crippen LogP contribution in [0.25, 0.3) is 0 Å². The molecule has 0 amide bonds. The predicted molar refractivity (Wildman–Crippen MR) is 68.3 cm³/mol. The van der Waals surface area contributed by atoms with E-state index in [0.717, 1.165) is 12.1 Å². The Morgan fingerprint density at radius 3 is 2.44 bits per heavy atom. The molecule has 0 aromatic heterocycles. The van der Waals surface area contributed by atoms with Gasteiger partial charge in [-0.3, -0.25) is 4.90 Å². The number of phenolic OH excluding ortho intramolecular Hbond substituents is 1. The van der Waals surface area contributed by atoms with Crippen LogP contribution in [0, 0.1) is 5.92 Å². The quantitative estimate of drug-likeness (QED) is 0.607. The van der Waals surface area contributed by atoms with Crippen LogP contribution in [0.4, 0.5) is 5.69 Å². The van der Waals surface area contributed by atoms with Crippen LogP contribution in [0.3, 0.4) is 0 Å². The van der Waals surface area contributed by atoms with E-state index in [2.05, 4.69) is 32.7 Å². The smallest absolute Gasteiger partial charge is 0.138 e. The number of aromatic hydroxyl groups is 1. The van der Waals surface area contributed by atoms with Crippen LogP contribution in [-0.4, -0.2) is 23.1 Å². The van der Waals surface area contributed by atoms with Gasteiger partial charge in [0.2, 0.25) is 0 Å². The molecule has 1 aromatic rings. The summed E-state index contributed by atoms with van der Waals surface area (Å²) in [5, 5.41) is 9.34. The van der Waals surface area contributed by atoms with E-state index in [1.807, 2.05) is 12.1 Å². The second-order valence-corrected chi connectivity index (χ2v) is 4.79. The van der Waals surface area contributed by atoms with E-state index in [4.69, 9.17) is 5.73 Å². The van der Waals surface area contributed by atoms with E-state index in [1.165, 1.54) is 0 Å². The molecule has 1 rings (SSSR count). The monoisotopic (exact) mass is 222 g/mol. The van der Waals surface area contributed by atoms with E-state index in [9.17, 15) is 5.11 Å². The first-order valence-electron chi connectivity index (χ1n) is 5.69. The van der Waals surface area contributed by atoms with Crippen molar-refractivity contribution in [2.45, 2.75) is 33.4 Å². The second-order valence-electron chi connectivity index (χ2n) is 4.79. The number of hydrogen-bond acceptors (Lipinski definition) is 3. The Bertz CT molecular complexity index is 350. The van der Waals surface area contributed by atoms with Crippen LogP contribution in [0.15, 0.2) is 18.2 Å². The van der Waals surface area contributed by atoms with Gasteiger partial charge in [-0.2, -0.15) is 0 Å². The van der Waals surface area contributed by atoms with Gasteiger partial charge < -0.3 is 10.8 Å². The average Bonchev–Trinajstić information content (AvgIpc) is 2.22. The predicted octanol–water partition coefficient (Wildman–Crippen LogP) is 2.45. The highest BCUT2D eigenvalue weighted by molar-refractivity contribution is 5.53. The molecular weight excluding hydrogens is 200 g/mol. The zero-order chi connectivity index (χ0) is 12.3. The van der Waals surface area contributed by atoms with Gasteiger partial charge >= 0.3 is 0 Å². The van der Waals surface area contributed by atoms with Crippen molar-refractivity contribution in [3.8, 4) is 5.75 Å². The maximum absolute atomic E-state index is 9.34. The van der Waals surface area contributed by atoms with Crippen LogP contribution in [-0.2, 0) is 6.54 Å². The minimum absolute atomic E-state index is 0.156. The molecule has 0 heterocycles. The fraction of sp³-hybridized carbons (Fsp3) is 0.538. The lowest BCUT2D eigenvalue weighted by Gasteiger charge is -2.27. The summed E-state index contributed by atoms with van der Waals surface area (Å²) in [6.07, 6.45) is 0. The van der Waals surface area contributed by atoms with Crippen molar-refractivity contribution in [3.63, 3.8) is 0 Å². The summed E-state index contributed by atoms with van der Waals surface area (Å²) >= 11 is 0. The first-order valence-corrected chi connectivity index (χ1v) is 5.69. The molecule has 3 N–H and O–H groups in total. The normalized spacial score (nSPS) is 13.4. The minimum Gasteiger partial charge on any atom is -0.506 e. The molecular formula is C13H22N2O. The fourth-order valence-electron chi connectivity index (χ4n) is 1.64. The number of hydrogen-bond donors (Lipinski definition) is 2. The summed E-state index contributed by atoms with van der Waals surface area (Å²) in [6, 6.07) is 5.92. The Kier molecular flexibility index (Phi) is 4.19. The summed E-state index contributed by atoms with van der Waals surface area (Å²) < 4.78 is 0. The van der Waals surface area contributed by atoms with Gasteiger partial charge in [-0.15, -0.1) is 0 Å². The van der Waals surface area contributed by atoms with Crippen LogP contribution in [0.2, 0.25) is 0 Å². The molecule has 3 nitrogen and oxygen atoms in total. The summed E-state index contributed by atoms with van der Waals surface area (Å²) in [4.78, 5) is 2.29. The molecule has 0 bridgehead atoms. The Hall–Kier alpha value is -1.22. The lowest BCUT2D eigenvalue weighted by Crippen LogP contribution is -2.32. The largest absolute Gasteiger partial charge is 0.506 e. The first-order chi connectivity index (χ1) is 7.41. The zero-order valence-electron chi connectivity index (χ0n) is 10.6. The molecule has 0 aliphatic heterocycles. The Labute approximate surface area is 97.9 Å². The summed E-state index contributed by atoms with van der Waals surface area (Å²) in [5.74, 6) is 0.780. The maximum atomic E-state index is 9.34. The van der Waals surface area contributed by atoms with E-state index >= 15 is 0 Å². The molecule has 1 atom stereocenters. The third kappa shape index (κ3) is 3.14. The summed E-state index contributed by atoms with van der Waals surface area (Å²) in [6.45, 7) is 7.50. The molecule has 0 radical (unpaired) electrons. The molecule has 0 aliphatic rings. The van der Waals surface area contributed by atoms with Gasteiger partial charge in [0, 0.05) is 12.6 Å². The van der Waals surface area contributed by atoms with Crippen molar-refractivity contribution in [1.82, 2.24) is 4.90 Å². The Balaban J connectivity index is 2.69. The highest BCUT2D eigenvalue weighted by Crippen LogP contribution is 2.22. The number of anilines is 1. The van der Waals surface area contributed by atoms with E-state index in [1.54, 1.807) is 6.07 Å². The number of nitrogens with zero attached hydrogens (tertiary/aromatic N) is 1. The lowest BCUT2D eigenvalue weighted by atomic mass is 10.0. The second kappa shape index (κ2) is 5.21. The van der Waals surface area contributed by atoms with Crippen molar-refractivity contribution in [3.05, 3.63) is 23.8 Å². The molecule has 0 saturated heterocycles.